The SMILES string of the molecule is c1ccc2c(c1)COc1ccccc1C2=C1CCN(C2CCOCC2)CC1. The van der Waals surface area contributed by atoms with Crippen LogP contribution in [0.5, 0.6) is 5.75 Å². The molecule has 2 fully saturated rings. The number of rotatable bonds is 1. The fourth-order valence-electron chi connectivity index (χ4n) is 4.83. The number of nitrogens with zero attached hydrogens (tertiary/aromatic N) is 1. The fourth-order valence-corrected chi connectivity index (χ4v) is 4.83. The first-order valence-electron chi connectivity index (χ1n) is 10.2. The molecule has 0 aromatic heterocycles. The molecular weight excluding hydrogens is 334 g/mol. The average molecular weight is 361 g/mol. The Morgan fingerprint density at radius 1 is 0.815 bits per heavy atom. The Labute approximate surface area is 161 Å². The standard InChI is InChI=1S/C24H27NO2/c1-2-6-21-19(5-1)17-27-23-8-4-3-7-22(23)24(21)18-9-13-25(14-10-18)20-11-15-26-16-12-20/h1-8,20H,9-17H2. The van der Waals surface area contributed by atoms with Gasteiger partial charge in [-0.05, 0) is 48.4 Å². The smallest absolute Gasteiger partial charge is 0.127 e. The highest BCUT2D eigenvalue weighted by Crippen LogP contribution is 2.41. The number of para-hydroxylation sites is 1. The van der Waals surface area contributed by atoms with Crippen molar-refractivity contribution in [3.8, 4) is 5.75 Å². The molecule has 3 nitrogen and oxygen atoms in total. The van der Waals surface area contributed by atoms with Gasteiger partial charge in [0.15, 0.2) is 0 Å². The molecule has 2 saturated heterocycles. The molecule has 3 aliphatic rings. The summed E-state index contributed by atoms with van der Waals surface area (Å²) >= 11 is 0. The molecule has 0 spiro atoms. The largest absolute Gasteiger partial charge is 0.488 e. The van der Waals surface area contributed by atoms with Crippen LogP contribution in [0.2, 0.25) is 0 Å². The van der Waals surface area contributed by atoms with Crippen molar-refractivity contribution in [3.63, 3.8) is 0 Å². The number of hydrogen-bond donors (Lipinski definition) is 0. The lowest BCUT2D eigenvalue weighted by Crippen LogP contribution is -2.42. The minimum absolute atomic E-state index is 0.651. The first kappa shape index (κ1) is 17.0. The average Bonchev–Trinajstić information content (AvgIpc) is 2.91. The molecule has 0 saturated carbocycles. The number of benzene rings is 2. The lowest BCUT2D eigenvalue weighted by molar-refractivity contribution is 0.0313. The van der Waals surface area contributed by atoms with E-state index < -0.39 is 0 Å². The van der Waals surface area contributed by atoms with Crippen LogP contribution in [0, 0.1) is 0 Å². The summed E-state index contributed by atoms with van der Waals surface area (Å²) in [6.45, 7) is 4.82. The molecule has 0 aliphatic carbocycles. The highest BCUT2D eigenvalue weighted by atomic mass is 16.5. The molecule has 0 atom stereocenters. The fraction of sp³-hybridized carbons (Fsp3) is 0.417. The zero-order valence-corrected chi connectivity index (χ0v) is 15.8. The minimum Gasteiger partial charge on any atom is -0.488 e. The highest BCUT2D eigenvalue weighted by molar-refractivity contribution is 5.87. The molecule has 2 aromatic rings. The van der Waals surface area contributed by atoms with E-state index in [1.807, 2.05) is 0 Å². The van der Waals surface area contributed by atoms with E-state index >= 15 is 0 Å². The Morgan fingerprint density at radius 2 is 1.52 bits per heavy atom. The number of piperidine rings is 1. The molecule has 3 heteroatoms. The molecular formula is C24H27NO2. The van der Waals surface area contributed by atoms with Crippen LogP contribution < -0.4 is 4.74 Å². The summed E-state index contributed by atoms with van der Waals surface area (Å²) in [5, 5.41) is 0. The Bertz CT molecular complexity index is 791. The van der Waals surface area contributed by atoms with Gasteiger partial charge in [0.2, 0.25) is 0 Å². The zero-order chi connectivity index (χ0) is 18.1. The van der Waals surface area contributed by atoms with Gasteiger partial charge >= 0.3 is 0 Å². The quantitative estimate of drug-likeness (QED) is 0.738. The Balaban J connectivity index is 1.50. The molecule has 3 heterocycles. The first-order valence-corrected chi connectivity index (χ1v) is 10.2. The zero-order valence-electron chi connectivity index (χ0n) is 15.8. The van der Waals surface area contributed by atoms with Crippen molar-refractivity contribution < 1.29 is 9.47 Å². The van der Waals surface area contributed by atoms with E-state index in [9.17, 15) is 0 Å². The third kappa shape index (κ3) is 3.30. The normalized spacial score (nSPS) is 21.2. The second-order valence-electron chi connectivity index (χ2n) is 7.80. The first-order chi connectivity index (χ1) is 13.4. The van der Waals surface area contributed by atoms with Crippen LogP contribution in [0.15, 0.2) is 54.1 Å². The third-order valence-corrected chi connectivity index (χ3v) is 6.29. The van der Waals surface area contributed by atoms with Gasteiger partial charge in [-0.1, -0.05) is 48.0 Å². The lowest BCUT2D eigenvalue weighted by atomic mass is 9.86. The monoisotopic (exact) mass is 361 g/mol. The van der Waals surface area contributed by atoms with Crippen LogP contribution in [0.1, 0.15) is 42.4 Å². The summed E-state index contributed by atoms with van der Waals surface area (Å²) in [6.07, 6.45) is 4.67. The Morgan fingerprint density at radius 3 is 2.33 bits per heavy atom. The molecule has 0 bridgehead atoms. The van der Waals surface area contributed by atoms with E-state index in [0.29, 0.717) is 12.6 Å². The van der Waals surface area contributed by atoms with Gasteiger partial charge in [-0.15, -0.1) is 0 Å². The maximum absolute atomic E-state index is 6.15. The van der Waals surface area contributed by atoms with Crippen molar-refractivity contribution in [1.29, 1.82) is 0 Å². The number of likely N-dealkylation sites (tertiary alicyclic amines) is 1. The molecule has 5 rings (SSSR count). The second kappa shape index (κ2) is 7.49. The van der Waals surface area contributed by atoms with Crippen molar-refractivity contribution in [2.45, 2.75) is 38.3 Å². The van der Waals surface area contributed by atoms with Gasteiger partial charge in [-0.25, -0.2) is 0 Å². The summed E-state index contributed by atoms with van der Waals surface area (Å²) in [4.78, 5) is 2.69. The van der Waals surface area contributed by atoms with Gasteiger partial charge in [0.25, 0.3) is 0 Å². The van der Waals surface area contributed by atoms with Gasteiger partial charge in [0.05, 0.1) is 0 Å². The van der Waals surface area contributed by atoms with Gasteiger partial charge in [-0.2, -0.15) is 0 Å². The van der Waals surface area contributed by atoms with Crippen LogP contribution in [0.4, 0.5) is 0 Å². The Kier molecular flexibility index (Phi) is 4.73. The van der Waals surface area contributed by atoms with Crippen LogP contribution >= 0.6 is 0 Å². The number of hydrogen-bond acceptors (Lipinski definition) is 3. The van der Waals surface area contributed by atoms with Crippen LogP contribution in [-0.4, -0.2) is 37.2 Å². The molecule has 3 aliphatic heterocycles. The summed E-state index contributed by atoms with van der Waals surface area (Å²) in [5.74, 6) is 1.02. The van der Waals surface area contributed by atoms with E-state index in [4.69, 9.17) is 9.47 Å². The highest BCUT2D eigenvalue weighted by Gasteiger charge is 2.28. The van der Waals surface area contributed by atoms with Gasteiger partial charge < -0.3 is 9.47 Å². The van der Waals surface area contributed by atoms with Crippen molar-refractivity contribution in [1.82, 2.24) is 4.90 Å². The van der Waals surface area contributed by atoms with Crippen LogP contribution in [0.25, 0.3) is 5.57 Å². The molecule has 27 heavy (non-hydrogen) atoms. The number of ether oxygens (including phenoxy) is 2. The van der Waals surface area contributed by atoms with Crippen molar-refractivity contribution >= 4 is 5.57 Å². The van der Waals surface area contributed by atoms with Crippen molar-refractivity contribution in [3.05, 3.63) is 70.8 Å². The molecule has 2 aromatic carbocycles. The van der Waals surface area contributed by atoms with Crippen molar-refractivity contribution in [2.24, 2.45) is 0 Å². The third-order valence-electron chi connectivity index (χ3n) is 6.29. The lowest BCUT2D eigenvalue weighted by Gasteiger charge is -2.38. The van der Waals surface area contributed by atoms with Crippen LogP contribution in [-0.2, 0) is 11.3 Å². The topological polar surface area (TPSA) is 21.7 Å². The predicted octanol–water partition coefficient (Wildman–Crippen LogP) is 4.66. The van der Waals surface area contributed by atoms with E-state index in [1.165, 1.54) is 35.1 Å². The number of fused-ring (bicyclic) bond motifs is 2. The van der Waals surface area contributed by atoms with Gasteiger partial charge in [0, 0.05) is 37.9 Å². The predicted molar refractivity (Wildman–Crippen MR) is 108 cm³/mol. The van der Waals surface area contributed by atoms with E-state index in [2.05, 4.69) is 53.4 Å². The molecule has 0 unspecified atom stereocenters. The molecule has 0 N–H and O–H groups in total. The van der Waals surface area contributed by atoms with Gasteiger partial charge in [-0.3, -0.25) is 4.90 Å². The minimum atomic E-state index is 0.651. The maximum Gasteiger partial charge on any atom is 0.127 e. The van der Waals surface area contributed by atoms with Crippen molar-refractivity contribution in [2.75, 3.05) is 26.3 Å². The summed E-state index contributed by atoms with van der Waals surface area (Å²) < 4.78 is 11.7. The second-order valence-corrected chi connectivity index (χ2v) is 7.80. The Hall–Kier alpha value is -2.10. The van der Waals surface area contributed by atoms with Gasteiger partial charge in [0.1, 0.15) is 12.4 Å². The van der Waals surface area contributed by atoms with E-state index in [1.54, 1.807) is 5.57 Å². The van der Waals surface area contributed by atoms with E-state index in [-0.39, 0.29) is 0 Å². The van der Waals surface area contributed by atoms with Crippen LogP contribution in [0.3, 0.4) is 0 Å². The molecule has 0 amide bonds. The molecule has 140 valence electrons. The van der Waals surface area contributed by atoms with E-state index in [0.717, 1.165) is 44.9 Å². The molecule has 0 radical (unpaired) electrons. The summed E-state index contributed by atoms with van der Waals surface area (Å²) in [6, 6.07) is 18.0. The summed E-state index contributed by atoms with van der Waals surface area (Å²) in [5.41, 5.74) is 6.92. The maximum atomic E-state index is 6.15. The summed E-state index contributed by atoms with van der Waals surface area (Å²) in [7, 11) is 0.